The van der Waals surface area contributed by atoms with E-state index in [1.807, 2.05) is 0 Å². The van der Waals surface area contributed by atoms with Crippen LogP contribution in [0, 0.1) is 11.3 Å². The number of para-hydroxylation sites is 1. The summed E-state index contributed by atoms with van der Waals surface area (Å²) in [7, 11) is 0. The molecule has 9 rings (SSSR count). The Morgan fingerprint density at radius 3 is 2.57 bits per heavy atom. The van der Waals surface area contributed by atoms with Crippen molar-refractivity contribution in [2.24, 2.45) is 15.9 Å². The third-order valence-corrected chi connectivity index (χ3v) is 12.2. The molecule has 9 unspecified atom stereocenters. The molecular weight excluding hydrogens is 782 g/mol. The first-order chi connectivity index (χ1) is 28.9. The van der Waals surface area contributed by atoms with Crippen molar-refractivity contribution in [2.75, 3.05) is 26.5 Å². The van der Waals surface area contributed by atoms with Gasteiger partial charge >= 0.3 is 0 Å². The Bertz CT molecular complexity index is 2450. The fraction of sp³-hybridized carbons (Fsp3) is 0.357. The summed E-state index contributed by atoms with van der Waals surface area (Å²) >= 11 is 0. The van der Waals surface area contributed by atoms with Crippen molar-refractivity contribution in [1.82, 2.24) is 5.32 Å². The van der Waals surface area contributed by atoms with Crippen LogP contribution in [-0.4, -0.2) is 129 Å². The van der Waals surface area contributed by atoms with Crippen LogP contribution in [0.15, 0.2) is 76.9 Å². The molecule has 4 heterocycles. The van der Waals surface area contributed by atoms with Crippen LogP contribution in [0.25, 0.3) is 0 Å². The van der Waals surface area contributed by atoms with E-state index in [4.69, 9.17) is 24.4 Å². The summed E-state index contributed by atoms with van der Waals surface area (Å²) in [5.74, 6) is -4.69. The van der Waals surface area contributed by atoms with Crippen molar-refractivity contribution >= 4 is 47.0 Å². The van der Waals surface area contributed by atoms with Crippen molar-refractivity contribution < 1.29 is 68.6 Å². The molecule has 4 aliphatic heterocycles. The lowest BCUT2D eigenvalue weighted by molar-refractivity contribution is -0.723. The van der Waals surface area contributed by atoms with Crippen molar-refractivity contribution in [2.45, 2.75) is 61.0 Å². The second kappa shape index (κ2) is 14.9. The standard InChI is InChI=1S/C42H39N5O13/c43-40-45-36-31(37(53)46-40)44-19-47(36)28-8-4-3-5-23(28)22-11-14-57-18-29-41(55)12-9-20(16-49)42(56,38(41)54)39(59-29)60-34-26(22)15-27-30(35(34)58-17-21(50)10-13-48)33(52)25-7-2-1-6-24(25)32(27)51/h1-8,11,13-15,20-22,29,38-39,49-50,54-56H,9-10,12,16-19H2,(H2,43,46,53)/p+1. The first-order valence-corrected chi connectivity index (χ1v) is 19.4. The number of carbonyl (C=O) groups is 4. The molecule has 3 aromatic carbocycles. The Balaban J connectivity index is 1.31. The van der Waals surface area contributed by atoms with E-state index in [9.17, 15) is 44.7 Å². The number of aliphatic hydroxyl groups is 5. The van der Waals surface area contributed by atoms with Gasteiger partial charge in [-0.25, -0.2) is 9.89 Å². The van der Waals surface area contributed by atoms with Crippen LogP contribution in [0.2, 0.25) is 0 Å². The van der Waals surface area contributed by atoms with E-state index in [1.165, 1.54) is 24.5 Å². The van der Waals surface area contributed by atoms with E-state index in [1.54, 1.807) is 42.5 Å². The predicted octanol–water partition coefficient (Wildman–Crippen LogP) is -0.813. The Hall–Kier alpha value is -5.99. The molecule has 0 radical (unpaired) electrons. The molecule has 3 aromatic rings. The number of nitrogens with one attached hydrogen (secondary N) is 3. The van der Waals surface area contributed by atoms with Gasteiger partial charge in [0.25, 0.3) is 11.7 Å². The minimum absolute atomic E-state index is 0.0166. The van der Waals surface area contributed by atoms with Gasteiger partial charge in [-0.3, -0.25) is 25.1 Å². The van der Waals surface area contributed by atoms with E-state index >= 15 is 0 Å². The van der Waals surface area contributed by atoms with Crippen LogP contribution in [0.1, 0.15) is 68.2 Å². The minimum Gasteiger partial charge on any atom is -0.499 e. The summed E-state index contributed by atoms with van der Waals surface area (Å²) in [6.45, 7) is -1.54. The number of aliphatic imine (C=N–C) groups is 2. The van der Waals surface area contributed by atoms with Crippen LogP contribution in [0.3, 0.4) is 0 Å². The van der Waals surface area contributed by atoms with Gasteiger partial charge in [-0.1, -0.05) is 42.5 Å². The number of hydrogen-bond donors (Lipinski definition) is 8. The zero-order valence-corrected chi connectivity index (χ0v) is 31.7. The third-order valence-electron chi connectivity index (χ3n) is 12.2. The molecule has 6 aliphatic rings. The lowest BCUT2D eigenvalue weighted by atomic mass is 9.62. The summed E-state index contributed by atoms with van der Waals surface area (Å²) in [4.78, 5) is 62.5. The van der Waals surface area contributed by atoms with Gasteiger partial charge in [-0.2, -0.15) is 4.99 Å². The first kappa shape index (κ1) is 39.5. The highest BCUT2D eigenvalue weighted by Gasteiger charge is 2.69. The van der Waals surface area contributed by atoms with Gasteiger partial charge in [0.2, 0.25) is 18.0 Å². The molecule has 0 aromatic heterocycles. The normalized spacial score (nSPS) is 30.8. The molecule has 60 heavy (non-hydrogen) atoms. The van der Waals surface area contributed by atoms with Crippen LogP contribution in [0.5, 0.6) is 11.5 Å². The number of quaternary nitrogens is 1. The van der Waals surface area contributed by atoms with E-state index in [-0.39, 0.29) is 89.4 Å². The number of rotatable bonds is 8. The largest absolute Gasteiger partial charge is 0.499 e. The highest BCUT2D eigenvalue weighted by Crippen LogP contribution is 2.53. The van der Waals surface area contributed by atoms with E-state index in [2.05, 4.69) is 15.3 Å². The number of nitrogens with zero attached hydrogens (tertiary/aromatic N) is 2. The second-order valence-corrected chi connectivity index (χ2v) is 15.5. The fourth-order valence-electron chi connectivity index (χ4n) is 9.12. The number of aldehydes is 1. The number of allylic oxidation sites excluding steroid dienone is 1. The van der Waals surface area contributed by atoms with Crippen LogP contribution < -0.4 is 19.7 Å². The number of amidine groups is 1. The molecule has 1 saturated carbocycles. The summed E-state index contributed by atoms with van der Waals surface area (Å²) in [5, 5.41) is 67.9. The molecular formula is C42H40N5O13+. The minimum atomic E-state index is -2.47. The van der Waals surface area contributed by atoms with Crippen molar-refractivity contribution in [3.05, 3.63) is 100 Å². The number of hydrogen-bond acceptors (Lipinski definition) is 15. The maximum atomic E-state index is 14.6. The molecule has 18 heteroatoms. The number of aliphatic hydroxyl groups excluding tert-OH is 3. The highest BCUT2D eigenvalue weighted by molar-refractivity contribution is 6.68. The van der Waals surface area contributed by atoms with Gasteiger partial charge in [-0.05, 0) is 31.1 Å². The maximum absolute atomic E-state index is 14.6. The quantitative estimate of drug-likeness (QED) is 0.101. The molecule has 1 amide bonds. The zero-order chi connectivity index (χ0) is 42.1. The number of amides is 1. The van der Waals surface area contributed by atoms with Crippen molar-refractivity contribution in [3.63, 3.8) is 0 Å². The first-order valence-electron chi connectivity index (χ1n) is 19.4. The van der Waals surface area contributed by atoms with Crippen LogP contribution >= 0.6 is 0 Å². The summed E-state index contributed by atoms with van der Waals surface area (Å²) < 4.78 is 25.3. The number of guanidine groups is 1. The summed E-state index contributed by atoms with van der Waals surface area (Å²) in [6, 6.07) is 14.7. The average Bonchev–Trinajstić information content (AvgIpc) is 3.65. The molecule has 310 valence electrons. The van der Waals surface area contributed by atoms with Crippen LogP contribution in [0.4, 0.5) is 5.69 Å². The molecule has 18 nitrogen and oxygen atoms in total. The van der Waals surface area contributed by atoms with Gasteiger partial charge in [0.05, 0.1) is 17.9 Å². The van der Waals surface area contributed by atoms with Gasteiger partial charge in [-0.15, -0.1) is 0 Å². The highest BCUT2D eigenvalue weighted by atomic mass is 16.7. The zero-order valence-electron chi connectivity index (χ0n) is 31.7. The topological polar surface area (TPSA) is 271 Å². The molecule has 2 aliphatic carbocycles. The molecule has 2 fully saturated rings. The average molecular weight is 823 g/mol. The summed E-state index contributed by atoms with van der Waals surface area (Å²) in [6.07, 6.45) is -3.46. The lowest BCUT2D eigenvalue weighted by Crippen LogP contribution is -3.09. The monoisotopic (exact) mass is 822 g/mol. The fourth-order valence-corrected chi connectivity index (χ4v) is 9.12. The molecule has 8 N–H and O–H groups in total. The van der Waals surface area contributed by atoms with Crippen molar-refractivity contribution in [1.29, 1.82) is 5.41 Å². The lowest BCUT2D eigenvalue weighted by Gasteiger charge is -2.59. The Labute approximate surface area is 340 Å². The summed E-state index contributed by atoms with van der Waals surface area (Å²) in [5.41, 5.74) is -3.52. The third kappa shape index (κ3) is 6.01. The van der Waals surface area contributed by atoms with E-state index < -0.39 is 78.3 Å². The van der Waals surface area contributed by atoms with Crippen LogP contribution in [-0.2, 0) is 19.1 Å². The number of benzene rings is 3. The van der Waals surface area contributed by atoms with Gasteiger partial charge in [0.15, 0.2) is 35.3 Å². The Kier molecular flexibility index (Phi) is 9.82. The molecule has 4 bridgehead atoms. The SMILES string of the molecule is N=C1N=C2C(=NC[NH+]2c2ccccc2C2C=COCC3OC(Oc4c2cc2c(c4OCC(O)CC=O)C(=O)c4ccccc4C2=O)C2(O)C(CO)CCC3(O)C2O)C(=O)N1. The van der Waals surface area contributed by atoms with Crippen molar-refractivity contribution in [3.8, 4) is 11.5 Å². The Morgan fingerprint density at radius 1 is 1.05 bits per heavy atom. The number of ether oxygens (including phenoxy) is 4. The number of ketones is 2. The second-order valence-electron chi connectivity index (χ2n) is 15.5. The molecule has 0 spiro atoms. The van der Waals surface area contributed by atoms with Gasteiger partial charge in [0.1, 0.15) is 43.0 Å². The number of fused-ring (bicyclic) bond motifs is 10. The van der Waals surface area contributed by atoms with Gasteiger partial charge < -0.3 is 49.3 Å². The van der Waals surface area contributed by atoms with E-state index in [0.717, 1.165) is 0 Å². The molecule has 1 saturated heterocycles. The molecule has 9 atom stereocenters. The smallest absolute Gasteiger partial charge is 0.284 e. The maximum Gasteiger partial charge on any atom is 0.284 e. The van der Waals surface area contributed by atoms with Gasteiger partial charge in [0, 0.05) is 52.7 Å². The Morgan fingerprint density at radius 2 is 1.80 bits per heavy atom. The number of carbonyl (C=O) groups excluding carboxylic acids is 4. The predicted molar refractivity (Wildman–Crippen MR) is 207 cm³/mol. The van der Waals surface area contributed by atoms with E-state index in [0.29, 0.717) is 22.4 Å².